The van der Waals surface area contributed by atoms with E-state index in [1.54, 1.807) is 0 Å². The van der Waals surface area contributed by atoms with Crippen molar-refractivity contribution in [2.24, 2.45) is 0 Å². The molecular weight excluding hydrogens is 529 g/mol. The van der Waals surface area contributed by atoms with Gasteiger partial charge in [0, 0.05) is 31.8 Å². The average molecular weight is 555 g/mol. The van der Waals surface area contributed by atoms with Crippen LogP contribution >= 0.6 is 11.8 Å². The van der Waals surface area contributed by atoms with Crippen molar-refractivity contribution in [3.05, 3.63) is 140 Å². The standard InChI is InChI=1S/C39H26N2S/c1-42-39-27(25-12-3-2-4-13-25)18-11-21-35(39)40-34-20-10-8-17-31(34)32-24-36-26(23-38(32)40)22-37-30-16-6-5-14-28(30)29-15-7-9-19-33(29)41(36)37/h2-24H,1H3. The molecule has 6 aromatic carbocycles. The van der Waals surface area contributed by atoms with Crippen LogP contribution in [-0.4, -0.2) is 15.2 Å². The molecule has 0 radical (unpaired) electrons. The number of thioether (sulfide) groups is 1. The van der Waals surface area contributed by atoms with Gasteiger partial charge in [-0.3, -0.25) is 0 Å². The second kappa shape index (κ2) is 9.01. The maximum atomic E-state index is 2.47. The molecule has 0 amide bonds. The van der Waals surface area contributed by atoms with Gasteiger partial charge in [0.2, 0.25) is 0 Å². The molecule has 0 aliphatic rings. The molecule has 0 N–H and O–H groups in total. The molecule has 3 heterocycles. The van der Waals surface area contributed by atoms with Gasteiger partial charge in [0.05, 0.1) is 33.3 Å². The molecule has 42 heavy (non-hydrogen) atoms. The van der Waals surface area contributed by atoms with E-state index in [4.69, 9.17) is 0 Å². The molecule has 0 aliphatic heterocycles. The van der Waals surface area contributed by atoms with Gasteiger partial charge in [0.15, 0.2) is 0 Å². The topological polar surface area (TPSA) is 9.34 Å². The Morgan fingerprint density at radius 2 is 1.07 bits per heavy atom. The van der Waals surface area contributed by atoms with Crippen LogP contribution < -0.4 is 0 Å². The summed E-state index contributed by atoms with van der Waals surface area (Å²) in [6.45, 7) is 0. The monoisotopic (exact) mass is 554 g/mol. The van der Waals surface area contributed by atoms with E-state index in [0.717, 1.165) is 0 Å². The smallest absolute Gasteiger partial charge is 0.0604 e. The molecule has 3 aromatic heterocycles. The van der Waals surface area contributed by atoms with Crippen LogP contribution in [-0.2, 0) is 0 Å². The minimum Gasteiger partial charge on any atom is -0.309 e. The number of rotatable bonds is 3. The lowest BCUT2D eigenvalue weighted by Crippen LogP contribution is -1.98. The van der Waals surface area contributed by atoms with Crippen LogP contribution in [0.25, 0.3) is 76.7 Å². The van der Waals surface area contributed by atoms with Crippen LogP contribution in [0.15, 0.2) is 144 Å². The molecule has 0 saturated carbocycles. The summed E-state index contributed by atoms with van der Waals surface area (Å²) in [5, 5.41) is 7.65. The third kappa shape index (κ3) is 3.23. The van der Waals surface area contributed by atoms with Gasteiger partial charge in [-0.15, -0.1) is 11.8 Å². The maximum absolute atomic E-state index is 2.47. The van der Waals surface area contributed by atoms with Gasteiger partial charge in [-0.2, -0.15) is 0 Å². The number of hydrogen-bond acceptors (Lipinski definition) is 1. The number of pyridine rings is 1. The Bertz CT molecular complexity index is 2500. The van der Waals surface area contributed by atoms with E-state index in [-0.39, 0.29) is 0 Å². The highest BCUT2D eigenvalue weighted by atomic mass is 32.2. The minimum atomic E-state index is 1.22. The zero-order chi connectivity index (χ0) is 27.8. The van der Waals surface area contributed by atoms with Crippen LogP contribution in [0.4, 0.5) is 0 Å². The minimum absolute atomic E-state index is 1.22. The first kappa shape index (κ1) is 23.7. The van der Waals surface area contributed by atoms with E-state index in [1.165, 1.54) is 81.6 Å². The SMILES string of the molecule is CSc1c(-c2ccccc2)cccc1-n1c2ccccc2c2cc3c(cc21)cc1c2ccccc2c2ccccc2n31. The Kier molecular flexibility index (Phi) is 5.08. The number of fused-ring (bicyclic) bond motifs is 11. The van der Waals surface area contributed by atoms with Crippen LogP contribution in [0.3, 0.4) is 0 Å². The highest BCUT2D eigenvalue weighted by molar-refractivity contribution is 7.98. The molecule has 9 aromatic rings. The van der Waals surface area contributed by atoms with Crippen LogP contribution in [0.1, 0.15) is 0 Å². The molecule has 0 atom stereocenters. The quantitative estimate of drug-likeness (QED) is 0.156. The fraction of sp³-hybridized carbons (Fsp3) is 0.0256. The molecule has 9 rings (SSSR count). The lowest BCUT2D eigenvalue weighted by molar-refractivity contribution is 1.13. The molecule has 0 spiro atoms. The molecule has 0 bridgehead atoms. The Balaban J connectivity index is 1.43. The number of nitrogens with zero attached hydrogens (tertiary/aromatic N) is 2. The second-order valence-corrected chi connectivity index (χ2v) is 11.7. The van der Waals surface area contributed by atoms with Gasteiger partial charge < -0.3 is 8.97 Å². The third-order valence-corrected chi connectivity index (χ3v) is 9.59. The van der Waals surface area contributed by atoms with Crippen molar-refractivity contribution in [2.45, 2.75) is 4.90 Å². The molecule has 0 unspecified atom stereocenters. The van der Waals surface area contributed by atoms with Crippen LogP contribution in [0.5, 0.6) is 0 Å². The second-order valence-electron chi connectivity index (χ2n) is 10.9. The van der Waals surface area contributed by atoms with Crippen molar-refractivity contribution in [3.8, 4) is 16.8 Å². The Labute approximate surface area is 247 Å². The van der Waals surface area contributed by atoms with Gasteiger partial charge in [-0.25, -0.2) is 0 Å². The molecule has 0 aliphatic carbocycles. The molecule has 3 heteroatoms. The first-order chi connectivity index (χ1) is 20.8. The maximum Gasteiger partial charge on any atom is 0.0604 e. The summed E-state index contributed by atoms with van der Waals surface area (Å²) in [7, 11) is 0. The molecule has 0 saturated heterocycles. The highest BCUT2D eigenvalue weighted by Gasteiger charge is 2.19. The summed E-state index contributed by atoms with van der Waals surface area (Å²) in [6, 6.07) is 51.1. The summed E-state index contributed by atoms with van der Waals surface area (Å²) in [5.74, 6) is 0. The van der Waals surface area contributed by atoms with Gasteiger partial charge in [0.25, 0.3) is 0 Å². The van der Waals surface area contributed by atoms with Crippen molar-refractivity contribution in [2.75, 3.05) is 6.26 Å². The number of benzene rings is 6. The molecule has 198 valence electrons. The fourth-order valence-electron chi connectivity index (χ4n) is 6.99. The fourth-order valence-corrected chi connectivity index (χ4v) is 7.76. The Morgan fingerprint density at radius 3 is 1.83 bits per heavy atom. The predicted molar refractivity (Wildman–Crippen MR) is 181 cm³/mol. The first-order valence-corrected chi connectivity index (χ1v) is 15.5. The normalized spacial score (nSPS) is 12.0. The van der Waals surface area contributed by atoms with Gasteiger partial charge in [0.1, 0.15) is 0 Å². The molecule has 0 fully saturated rings. The van der Waals surface area contributed by atoms with Crippen LogP contribution in [0.2, 0.25) is 0 Å². The van der Waals surface area contributed by atoms with Crippen molar-refractivity contribution in [3.63, 3.8) is 0 Å². The number of aromatic nitrogens is 2. The lowest BCUT2D eigenvalue weighted by atomic mass is 10.0. The summed E-state index contributed by atoms with van der Waals surface area (Å²) in [6.07, 6.45) is 2.19. The Morgan fingerprint density at radius 1 is 0.452 bits per heavy atom. The zero-order valence-electron chi connectivity index (χ0n) is 23.1. The summed E-state index contributed by atoms with van der Waals surface area (Å²) < 4.78 is 4.93. The third-order valence-electron chi connectivity index (χ3n) is 8.76. The first-order valence-electron chi connectivity index (χ1n) is 14.3. The summed E-state index contributed by atoms with van der Waals surface area (Å²) >= 11 is 1.82. The number of hydrogen-bond donors (Lipinski definition) is 0. The van der Waals surface area contributed by atoms with Crippen molar-refractivity contribution in [1.29, 1.82) is 0 Å². The van der Waals surface area contributed by atoms with Crippen molar-refractivity contribution in [1.82, 2.24) is 8.97 Å². The molecule has 2 nitrogen and oxygen atoms in total. The molecular formula is C39H26N2S. The highest BCUT2D eigenvalue weighted by Crippen LogP contribution is 2.42. The zero-order valence-corrected chi connectivity index (χ0v) is 23.9. The van der Waals surface area contributed by atoms with Gasteiger partial charge in [-0.05, 0) is 59.2 Å². The van der Waals surface area contributed by atoms with E-state index in [0.29, 0.717) is 0 Å². The van der Waals surface area contributed by atoms with E-state index in [2.05, 4.69) is 155 Å². The van der Waals surface area contributed by atoms with Crippen LogP contribution in [0, 0.1) is 0 Å². The summed E-state index contributed by atoms with van der Waals surface area (Å²) in [5.41, 5.74) is 9.91. The average Bonchev–Trinajstić information content (AvgIpc) is 3.59. The Hall–Kier alpha value is -4.99. The van der Waals surface area contributed by atoms with Gasteiger partial charge >= 0.3 is 0 Å². The van der Waals surface area contributed by atoms with E-state index < -0.39 is 0 Å². The van der Waals surface area contributed by atoms with Crippen molar-refractivity contribution < 1.29 is 0 Å². The lowest BCUT2D eigenvalue weighted by Gasteiger charge is -2.16. The van der Waals surface area contributed by atoms with E-state index in [1.807, 2.05) is 11.8 Å². The van der Waals surface area contributed by atoms with E-state index >= 15 is 0 Å². The summed E-state index contributed by atoms with van der Waals surface area (Å²) in [4.78, 5) is 1.28. The largest absolute Gasteiger partial charge is 0.309 e. The predicted octanol–water partition coefficient (Wildman–Crippen LogP) is 10.9. The van der Waals surface area contributed by atoms with Crippen molar-refractivity contribution >= 4 is 71.7 Å². The number of para-hydroxylation sites is 2. The van der Waals surface area contributed by atoms with Gasteiger partial charge in [-0.1, -0.05) is 103 Å². The van der Waals surface area contributed by atoms with E-state index in [9.17, 15) is 0 Å².